The van der Waals surface area contributed by atoms with E-state index in [4.69, 9.17) is 0 Å². The van der Waals surface area contributed by atoms with E-state index in [-0.39, 0.29) is 6.04 Å². The Balaban J connectivity index is 2.31. The van der Waals surface area contributed by atoms with E-state index in [9.17, 15) is 4.79 Å². The first-order valence-corrected chi connectivity index (χ1v) is 5.67. The van der Waals surface area contributed by atoms with Gasteiger partial charge in [0.1, 0.15) is 12.3 Å². The Morgan fingerprint density at radius 1 is 1.53 bits per heavy atom. The minimum absolute atomic E-state index is 0.153. The van der Waals surface area contributed by atoms with Gasteiger partial charge in [-0.05, 0) is 30.2 Å². The minimum atomic E-state index is -0.153. The van der Waals surface area contributed by atoms with Gasteiger partial charge < -0.3 is 9.69 Å². The molecule has 2 rings (SSSR count). The van der Waals surface area contributed by atoms with E-state index >= 15 is 0 Å². The summed E-state index contributed by atoms with van der Waals surface area (Å²) in [5.41, 5.74) is 2.07. The van der Waals surface area contributed by atoms with Crippen molar-refractivity contribution in [3.8, 4) is 0 Å². The van der Waals surface area contributed by atoms with Crippen LogP contribution in [0.5, 0.6) is 0 Å². The van der Waals surface area contributed by atoms with Crippen molar-refractivity contribution in [2.24, 2.45) is 0 Å². The molecule has 0 aromatic heterocycles. The molecule has 1 saturated heterocycles. The van der Waals surface area contributed by atoms with Crippen molar-refractivity contribution < 1.29 is 4.79 Å². The number of anilines is 1. The van der Waals surface area contributed by atoms with Crippen LogP contribution in [0, 0.1) is 0 Å². The molecule has 1 aromatic rings. The van der Waals surface area contributed by atoms with E-state index in [1.807, 2.05) is 24.3 Å². The molecule has 0 radical (unpaired) electrons. The number of halogens is 1. The number of carbonyl (C=O) groups excluding carboxylic acids is 1. The largest absolute Gasteiger partial charge is 0.358 e. The molecular weight excluding hydrogens is 254 g/mol. The van der Waals surface area contributed by atoms with E-state index in [0.717, 1.165) is 35.0 Å². The Morgan fingerprint density at radius 3 is 3.00 bits per heavy atom. The zero-order chi connectivity index (χ0) is 10.8. The lowest BCUT2D eigenvalue weighted by Gasteiger charge is -2.22. The maximum absolute atomic E-state index is 11.0. The molecule has 1 heterocycles. The summed E-state index contributed by atoms with van der Waals surface area (Å²) in [4.78, 5) is 13.1. The highest BCUT2D eigenvalue weighted by Crippen LogP contribution is 2.28. The Labute approximate surface area is 97.7 Å². The van der Waals surface area contributed by atoms with Gasteiger partial charge in [0.25, 0.3) is 0 Å². The fourth-order valence-electron chi connectivity index (χ4n) is 1.89. The fourth-order valence-corrected chi connectivity index (χ4v) is 2.27. The second kappa shape index (κ2) is 4.19. The molecule has 0 amide bonds. The van der Waals surface area contributed by atoms with Gasteiger partial charge in [0.15, 0.2) is 0 Å². The van der Waals surface area contributed by atoms with Gasteiger partial charge in [-0.1, -0.05) is 28.6 Å². The molecule has 15 heavy (non-hydrogen) atoms. The van der Waals surface area contributed by atoms with Gasteiger partial charge >= 0.3 is 0 Å². The molecule has 78 valence electrons. The van der Waals surface area contributed by atoms with Crippen molar-refractivity contribution in [1.29, 1.82) is 0 Å². The molecular formula is C12H12BrNO. The highest BCUT2D eigenvalue weighted by Gasteiger charge is 2.27. The lowest BCUT2D eigenvalue weighted by molar-refractivity contribution is -0.108. The second-order valence-corrected chi connectivity index (χ2v) is 4.58. The summed E-state index contributed by atoms with van der Waals surface area (Å²) in [5.74, 6) is 0. The molecule has 0 aliphatic carbocycles. The number of aldehydes is 1. The van der Waals surface area contributed by atoms with Crippen LogP contribution in [0.1, 0.15) is 6.42 Å². The molecule has 0 bridgehead atoms. The van der Waals surface area contributed by atoms with E-state index < -0.39 is 0 Å². The van der Waals surface area contributed by atoms with Crippen LogP contribution in [0.2, 0.25) is 0 Å². The SMILES string of the molecule is C=C1CCN(c2cccc(Br)c2)C1C=O. The zero-order valence-electron chi connectivity index (χ0n) is 8.32. The number of carbonyl (C=O) groups is 1. The van der Waals surface area contributed by atoms with Crippen molar-refractivity contribution in [1.82, 2.24) is 0 Å². The third kappa shape index (κ3) is 1.97. The zero-order valence-corrected chi connectivity index (χ0v) is 9.90. The monoisotopic (exact) mass is 265 g/mol. The first-order chi connectivity index (χ1) is 7.22. The maximum Gasteiger partial charge on any atom is 0.146 e. The molecule has 2 nitrogen and oxygen atoms in total. The Kier molecular flexibility index (Phi) is 2.91. The molecule has 0 saturated carbocycles. The predicted molar refractivity (Wildman–Crippen MR) is 65.1 cm³/mol. The van der Waals surface area contributed by atoms with Crippen molar-refractivity contribution >= 4 is 27.9 Å². The van der Waals surface area contributed by atoms with E-state index in [1.54, 1.807) is 0 Å². The molecule has 1 aromatic carbocycles. The lowest BCUT2D eigenvalue weighted by Crippen LogP contribution is -2.30. The standard InChI is InChI=1S/C12H12BrNO/c1-9-5-6-14(12(9)8-15)11-4-2-3-10(13)7-11/h2-4,7-8,12H,1,5-6H2. The predicted octanol–water partition coefficient (Wildman–Crippen LogP) is 2.78. The van der Waals surface area contributed by atoms with Crippen molar-refractivity contribution in [2.75, 3.05) is 11.4 Å². The van der Waals surface area contributed by atoms with Crippen LogP contribution >= 0.6 is 15.9 Å². The van der Waals surface area contributed by atoms with Crippen LogP contribution in [-0.2, 0) is 4.79 Å². The molecule has 1 aliphatic heterocycles. The molecule has 0 N–H and O–H groups in total. The first kappa shape index (κ1) is 10.4. The number of benzene rings is 1. The molecule has 1 aliphatic rings. The molecule has 0 spiro atoms. The summed E-state index contributed by atoms with van der Waals surface area (Å²) in [6.45, 7) is 4.79. The smallest absolute Gasteiger partial charge is 0.146 e. The molecule has 1 unspecified atom stereocenters. The number of rotatable bonds is 2. The Bertz CT molecular complexity index is 402. The van der Waals surface area contributed by atoms with E-state index in [1.165, 1.54) is 0 Å². The van der Waals surface area contributed by atoms with Gasteiger partial charge in [-0.25, -0.2) is 0 Å². The van der Waals surface area contributed by atoms with Crippen LogP contribution in [-0.4, -0.2) is 18.9 Å². The van der Waals surface area contributed by atoms with Crippen LogP contribution in [0.3, 0.4) is 0 Å². The Hall–Kier alpha value is -1.09. The third-order valence-electron chi connectivity index (χ3n) is 2.70. The van der Waals surface area contributed by atoms with Gasteiger partial charge in [0.05, 0.1) is 0 Å². The fraction of sp³-hybridized carbons (Fsp3) is 0.250. The quantitative estimate of drug-likeness (QED) is 0.606. The van der Waals surface area contributed by atoms with Crippen molar-refractivity contribution in [3.63, 3.8) is 0 Å². The lowest BCUT2D eigenvalue weighted by atomic mass is 10.1. The third-order valence-corrected chi connectivity index (χ3v) is 3.19. The minimum Gasteiger partial charge on any atom is -0.358 e. The van der Waals surface area contributed by atoms with Gasteiger partial charge in [0, 0.05) is 16.7 Å². The summed E-state index contributed by atoms with van der Waals surface area (Å²) in [5, 5.41) is 0. The summed E-state index contributed by atoms with van der Waals surface area (Å²) in [7, 11) is 0. The summed E-state index contributed by atoms with van der Waals surface area (Å²) in [6, 6.07) is 7.83. The van der Waals surface area contributed by atoms with E-state index in [2.05, 4.69) is 27.4 Å². The van der Waals surface area contributed by atoms with Crippen LogP contribution in [0.4, 0.5) is 5.69 Å². The maximum atomic E-state index is 11.0. The molecule has 1 fully saturated rings. The number of hydrogen-bond acceptors (Lipinski definition) is 2. The normalized spacial score (nSPS) is 20.7. The Morgan fingerprint density at radius 2 is 2.33 bits per heavy atom. The molecule has 1 atom stereocenters. The van der Waals surface area contributed by atoms with Crippen LogP contribution < -0.4 is 4.90 Å². The van der Waals surface area contributed by atoms with Gasteiger partial charge in [-0.2, -0.15) is 0 Å². The highest BCUT2D eigenvalue weighted by atomic mass is 79.9. The average molecular weight is 266 g/mol. The topological polar surface area (TPSA) is 20.3 Å². The summed E-state index contributed by atoms with van der Waals surface area (Å²) >= 11 is 3.43. The van der Waals surface area contributed by atoms with Gasteiger partial charge in [-0.15, -0.1) is 0 Å². The highest BCUT2D eigenvalue weighted by molar-refractivity contribution is 9.10. The molecule has 3 heteroatoms. The van der Waals surface area contributed by atoms with E-state index in [0.29, 0.717) is 0 Å². The van der Waals surface area contributed by atoms with Crippen LogP contribution in [0.25, 0.3) is 0 Å². The average Bonchev–Trinajstić information content (AvgIpc) is 2.59. The first-order valence-electron chi connectivity index (χ1n) is 4.87. The summed E-state index contributed by atoms with van der Waals surface area (Å²) in [6.07, 6.45) is 1.87. The van der Waals surface area contributed by atoms with Crippen molar-refractivity contribution in [3.05, 3.63) is 40.9 Å². The van der Waals surface area contributed by atoms with Gasteiger partial charge in [0.2, 0.25) is 0 Å². The summed E-state index contributed by atoms with van der Waals surface area (Å²) < 4.78 is 1.03. The van der Waals surface area contributed by atoms with Crippen LogP contribution in [0.15, 0.2) is 40.9 Å². The number of nitrogens with zero attached hydrogens (tertiary/aromatic N) is 1. The van der Waals surface area contributed by atoms with Gasteiger partial charge in [-0.3, -0.25) is 0 Å². The number of hydrogen-bond donors (Lipinski definition) is 0. The van der Waals surface area contributed by atoms with Crippen molar-refractivity contribution in [2.45, 2.75) is 12.5 Å². The second-order valence-electron chi connectivity index (χ2n) is 3.66.